The molecule has 1 aliphatic carbocycles. The van der Waals surface area contributed by atoms with E-state index in [2.05, 4.69) is 6.92 Å². The molecule has 3 nitrogen and oxygen atoms in total. The Kier molecular flexibility index (Phi) is 8.61. The lowest BCUT2D eigenvalue weighted by molar-refractivity contribution is -0.189. The van der Waals surface area contributed by atoms with E-state index < -0.39 is 18.9 Å². The fourth-order valence-electron chi connectivity index (χ4n) is 3.36. The van der Waals surface area contributed by atoms with Crippen LogP contribution in [0.15, 0.2) is 24.3 Å². The number of rotatable bonds is 9. The molecule has 0 bridgehead atoms. The third-order valence-electron chi connectivity index (χ3n) is 4.95. The molecule has 0 atom stereocenters. The summed E-state index contributed by atoms with van der Waals surface area (Å²) in [5, 5.41) is 0. The molecule has 1 aromatic rings. The van der Waals surface area contributed by atoms with Crippen molar-refractivity contribution >= 4 is 5.97 Å². The summed E-state index contributed by atoms with van der Waals surface area (Å²) in [5.74, 6) is -0.0582. The maximum Gasteiger partial charge on any atom is 0.411 e. The first-order chi connectivity index (χ1) is 12.9. The number of unbranched alkanes of at least 4 members (excludes halogenated alkanes) is 3. The Hall–Kier alpha value is -1.56. The van der Waals surface area contributed by atoms with Crippen molar-refractivity contribution in [2.75, 3.05) is 6.61 Å². The number of hydrogen-bond donors (Lipinski definition) is 0. The van der Waals surface area contributed by atoms with Gasteiger partial charge in [0, 0.05) is 0 Å². The molecule has 0 heterocycles. The first kappa shape index (κ1) is 21.7. The Morgan fingerprint density at radius 1 is 1.04 bits per heavy atom. The largest absolute Gasteiger partial charge is 0.426 e. The lowest BCUT2D eigenvalue weighted by Gasteiger charge is -2.27. The number of alkyl halides is 3. The maximum atomic E-state index is 12.3. The molecule has 0 radical (unpaired) electrons. The van der Waals surface area contributed by atoms with Crippen molar-refractivity contribution < 1.29 is 27.4 Å². The summed E-state index contributed by atoms with van der Waals surface area (Å²) in [4.78, 5) is 12.3. The maximum absolute atomic E-state index is 12.3. The summed E-state index contributed by atoms with van der Waals surface area (Å²) in [6.07, 6.45) is 3.03. The number of halogens is 3. The van der Waals surface area contributed by atoms with Crippen molar-refractivity contribution in [2.45, 2.75) is 77.0 Å². The quantitative estimate of drug-likeness (QED) is 0.303. The molecular formula is C21H29F3O3. The van der Waals surface area contributed by atoms with Crippen LogP contribution in [0.1, 0.15) is 63.9 Å². The molecule has 0 spiro atoms. The third-order valence-corrected chi connectivity index (χ3v) is 4.95. The highest BCUT2D eigenvalue weighted by Crippen LogP contribution is 2.29. The molecule has 0 aromatic heterocycles. The van der Waals surface area contributed by atoms with Crippen LogP contribution in [0, 0.1) is 5.92 Å². The normalized spacial score (nSPS) is 20.4. The molecule has 0 saturated heterocycles. The van der Waals surface area contributed by atoms with Gasteiger partial charge in [-0.2, -0.15) is 13.2 Å². The Bertz CT molecular complexity index is 561. The molecule has 152 valence electrons. The summed E-state index contributed by atoms with van der Waals surface area (Å²) in [6, 6.07) is 7.59. The van der Waals surface area contributed by atoms with Crippen molar-refractivity contribution in [3.05, 3.63) is 29.8 Å². The van der Waals surface area contributed by atoms with E-state index in [1.54, 1.807) is 0 Å². The van der Waals surface area contributed by atoms with Gasteiger partial charge in [0.05, 0.1) is 12.0 Å². The zero-order valence-corrected chi connectivity index (χ0v) is 15.9. The van der Waals surface area contributed by atoms with Gasteiger partial charge in [-0.1, -0.05) is 38.3 Å². The van der Waals surface area contributed by atoms with Crippen LogP contribution in [-0.2, 0) is 16.0 Å². The van der Waals surface area contributed by atoms with E-state index in [1.165, 1.54) is 24.8 Å². The van der Waals surface area contributed by atoms with Crippen LogP contribution < -0.4 is 4.74 Å². The fraction of sp³-hybridized carbons (Fsp3) is 0.667. The number of aryl methyl sites for hydroxylation is 1. The predicted octanol–water partition coefficient (Wildman–Crippen LogP) is 5.85. The molecular weight excluding hydrogens is 357 g/mol. The van der Waals surface area contributed by atoms with E-state index in [0.29, 0.717) is 31.4 Å². The minimum absolute atomic E-state index is 0.274. The number of carbonyl (C=O) groups is 1. The number of esters is 1. The third kappa shape index (κ3) is 8.33. The van der Waals surface area contributed by atoms with Crippen molar-refractivity contribution in [1.82, 2.24) is 0 Å². The van der Waals surface area contributed by atoms with Crippen LogP contribution in [0.3, 0.4) is 0 Å². The molecule has 1 aliphatic rings. The summed E-state index contributed by atoms with van der Waals surface area (Å²) in [7, 11) is 0. The highest BCUT2D eigenvalue weighted by Gasteiger charge is 2.32. The van der Waals surface area contributed by atoms with Gasteiger partial charge in [0.15, 0.2) is 0 Å². The summed E-state index contributed by atoms with van der Waals surface area (Å²) in [5.41, 5.74) is 1.23. The second-order valence-corrected chi connectivity index (χ2v) is 7.28. The lowest BCUT2D eigenvalue weighted by Crippen LogP contribution is -2.31. The lowest BCUT2D eigenvalue weighted by atomic mass is 9.87. The van der Waals surface area contributed by atoms with E-state index in [-0.39, 0.29) is 11.9 Å². The Balaban J connectivity index is 1.71. The van der Waals surface area contributed by atoms with Crippen molar-refractivity contribution in [3.63, 3.8) is 0 Å². The molecule has 0 aliphatic heterocycles. The Morgan fingerprint density at radius 3 is 2.30 bits per heavy atom. The standard InChI is InChI=1S/C21H29F3O3/c1-2-3-4-5-6-16-7-11-19(12-8-16)27-20(25)17-9-13-18(14-10-17)26-15-21(22,23)24/h7-8,11-12,17-18H,2-6,9-10,13-15H2,1H3/t17-,18-. The average Bonchev–Trinajstić information content (AvgIpc) is 2.65. The van der Waals surface area contributed by atoms with Gasteiger partial charge in [0.25, 0.3) is 0 Å². The van der Waals surface area contributed by atoms with Gasteiger partial charge >= 0.3 is 12.1 Å². The zero-order valence-electron chi connectivity index (χ0n) is 15.9. The van der Waals surface area contributed by atoms with Crippen LogP contribution in [-0.4, -0.2) is 24.9 Å². The molecule has 27 heavy (non-hydrogen) atoms. The monoisotopic (exact) mass is 386 g/mol. The number of carbonyl (C=O) groups excluding carboxylic acids is 1. The van der Waals surface area contributed by atoms with E-state index in [4.69, 9.17) is 9.47 Å². The minimum Gasteiger partial charge on any atom is -0.426 e. The smallest absolute Gasteiger partial charge is 0.411 e. The van der Waals surface area contributed by atoms with Crippen molar-refractivity contribution in [3.8, 4) is 5.75 Å². The average molecular weight is 386 g/mol. The van der Waals surface area contributed by atoms with Gasteiger partial charge in [-0.15, -0.1) is 0 Å². The molecule has 0 unspecified atom stereocenters. The minimum atomic E-state index is -4.31. The van der Waals surface area contributed by atoms with E-state index in [9.17, 15) is 18.0 Å². The predicted molar refractivity (Wildman–Crippen MR) is 97.7 cm³/mol. The van der Waals surface area contributed by atoms with Gasteiger partial charge < -0.3 is 9.47 Å². The molecule has 1 fully saturated rings. The topological polar surface area (TPSA) is 35.5 Å². The number of ether oxygens (including phenoxy) is 2. The summed E-state index contributed by atoms with van der Waals surface area (Å²) < 4.78 is 46.9. The molecule has 2 rings (SSSR count). The van der Waals surface area contributed by atoms with E-state index in [1.807, 2.05) is 24.3 Å². The van der Waals surface area contributed by atoms with E-state index >= 15 is 0 Å². The van der Waals surface area contributed by atoms with Gasteiger partial charge in [-0.3, -0.25) is 4.79 Å². The Labute approximate surface area is 159 Å². The molecule has 1 saturated carbocycles. The molecule has 6 heteroatoms. The first-order valence-corrected chi connectivity index (χ1v) is 9.86. The van der Waals surface area contributed by atoms with E-state index in [0.717, 1.165) is 12.8 Å². The Morgan fingerprint density at radius 2 is 1.70 bits per heavy atom. The SMILES string of the molecule is CCCCCCc1ccc(OC(=O)[C@H]2CC[C@H](OCC(F)(F)F)CC2)cc1. The second-order valence-electron chi connectivity index (χ2n) is 7.28. The molecule has 0 amide bonds. The van der Waals surface area contributed by atoms with Crippen LogP contribution in [0.2, 0.25) is 0 Å². The van der Waals surface area contributed by atoms with Crippen molar-refractivity contribution in [1.29, 1.82) is 0 Å². The van der Waals surface area contributed by atoms with Crippen LogP contribution in [0.25, 0.3) is 0 Å². The summed E-state index contributed by atoms with van der Waals surface area (Å²) >= 11 is 0. The zero-order chi connectivity index (χ0) is 19.7. The van der Waals surface area contributed by atoms with Crippen molar-refractivity contribution in [2.24, 2.45) is 5.92 Å². The van der Waals surface area contributed by atoms with Gasteiger partial charge in [-0.05, 0) is 56.2 Å². The van der Waals surface area contributed by atoms with Crippen LogP contribution in [0.5, 0.6) is 5.75 Å². The first-order valence-electron chi connectivity index (χ1n) is 9.86. The van der Waals surface area contributed by atoms with Crippen LogP contribution >= 0.6 is 0 Å². The number of benzene rings is 1. The summed E-state index contributed by atoms with van der Waals surface area (Å²) in [6.45, 7) is 0.961. The number of hydrogen-bond acceptors (Lipinski definition) is 3. The molecule has 1 aromatic carbocycles. The highest BCUT2D eigenvalue weighted by atomic mass is 19.4. The molecule has 0 N–H and O–H groups in total. The van der Waals surface area contributed by atoms with Gasteiger partial charge in [-0.25, -0.2) is 0 Å². The van der Waals surface area contributed by atoms with Gasteiger partial charge in [0.2, 0.25) is 0 Å². The highest BCUT2D eigenvalue weighted by molar-refractivity contribution is 5.75. The van der Waals surface area contributed by atoms with Gasteiger partial charge in [0.1, 0.15) is 12.4 Å². The second kappa shape index (κ2) is 10.7. The fourth-order valence-corrected chi connectivity index (χ4v) is 3.36. The van der Waals surface area contributed by atoms with Crippen LogP contribution in [0.4, 0.5) is 13.2 Å².